The summed E-state index contributed by atoms with van der Waals surface area (Å²) in [6.45, 7) is 5.46. The highest BCUT2D eigenvalue weighted by Crippen LogP contribution is 2.41. The molecule has 2 fully saturated rings. The average Bonchev–Trinajstić information content (AvgIpc) is 3.63. The second-order valence-corrected chi connectivity index (χ2v) is 10.3. The third-order valence-electron chi connectivity index (χ3n) is 6.89. The van der Waals surface area contributed by atoms with Gasteiger partial charge >= 0.3 is 0 Å². The van der Waals surface area contributed by atoms with Crippen LogP contribution in [0.5, 0.6) is 0 Å². The Hall–Kier alpha value is -2.25. The SMILES string of the molecule is CC(C)(NC1CCC(N=CC(C(N)=O)C(N)=Nc2ccc(Cl)cc2)C(C2=NC2)C1)C1CC1. The first-order chi connectivity index (χ1) is 15.2. The Bertz CT molecular complexity index is 934. The van der Waals surface area contributed by atoms with E-state index in [0.717, 1.165) is 31.7 Å². The molecule has 1 heterocycles. The Labute approximate surface area is 194 Å². The molecule has 0 radical (unpaired) electrons. The summed E-state index contributed by atoms with van der Waals surface area (Å²) in [6.07, 6.45) is 7.24. The highest BCUT2D eigenvalue weighted by atomic mass is 35.5. The maximum absolute atomic E-state index is 12.1. The molecular formula is C24H33ClN6O. The van der Waals surface area contributed by atoms with Crippen molar-refractivity contribution in [2.24, 2.45) is 44.2 Å². The van der Waals surface area contributed by atoms with Crippen LogP contribution in [0.4, 0.5) is 5.69 Å². The number of benzene rings is 1. The summed E-state index contributed by atoms with van der Waals surface area (Å²) in [5, 5.41) is 4.50. The Morgan fingerprint density at radius 1 is 1.22 bits per heavy atom. The molecule has 4 rings (SSSR count). The molecule has 1 aliphatic heterocycles. The standard InChI is InChI=1S/C24H33ClN6O/c1-24(2,14-3-4-14)31-17-9-10-20(18(11-17)21-13-29-21)28-12-19(23(27)32)22(26)30-16-7-5-15(25)6-8-16/h5-8,12,14,17-20,31H,3-4,9-11,13H2,1-2H3,(H2,26,30)(H2,27,32). The molecule has 8 heteroatoms. The molecule has 0 bridgehead atoms. The van der Waals surface area contributed by atoms with Crippen LogP contribution < -0.4 is 16.8 Å². The van der Waals surface area contributed by atoms with Crippen molar-refractivity contribution in [1.82, 2.24) is 5.32 Å². The number of nitrogens with zero attached hydrogens (tertiary/aromatic N) is 3. The first-order valence-corrected chi connectivity index (χ1v) is 11.8. The highest BCUT2D eigenvalue weighted by Gasteiger charge is 2.42. The number of rotatable bonds is 9. The molecule has 2 saturated carbocycles. The molecule has 0 spiro atoms. The van der Waals surface area contributed by atoms with E-state index in [1.807, 2.05) is 0 Å². The van der Waals surface area contributed by atoms with Gasteiger partial charge in [-0.2, -0.15) is 0 Å². The molecule has 7 nitrogen and oxygen atoms in total. The van der Waals surface area contributed by atoms with Gasteiger partial charge in [-0.05, 0) is 76.1 Å². The van der Waals surface area contributed by atoms with E-state index in [9.17, 15) is 4.79 Å². The lowest BCUT2D eigenvalue weighted by Crippen LogP contribution is -2.51. The number of nitrogens with one attached hydrogen (secondary N) is 1. The smallest absolute Gasteiger partial charge is 0.233 e. The zero-order valence-electron chi connectivity index (χ0n) is 18.8. The van der Waals surface area contributed by atoms with E-state index >= 15 is 0 Å². The predicted molar refractivity (Wildman–Crippen MR) is 131 cm³/mol. The minimum atomic E-state index is -0.850. The van der Waals surface area contributed by atoms with E-state index in [-0.39, 0.29) is 17.4 Å². The molecule has 4 atom stereocenters. The first-order valence-electron chi connectivity index (χ1n) is 11.5. The fourth-order valence-corrected chi connectivity index (χ4v) is 4.90. The van der Waals surface area contributed by atoms with Gasteiger partial charge in [0.1, 0.15) is 11.8 Å². The van der Waals surface area contributed by atoms with Crippen molar-refractivity contribution in [2.75, 3.05) is 6.54 Å². The average molecular weight is 457 g/mol. The second kappa shape index (κ2) is 9.32. The topological polar surface area (TPSA) is 118 Å². The molecule has 1 amide bonds. The molecule has 4 unspecified atom stereocenters. The minimum absolute atomic E-state index is 0.0866. The molecule has 32 heavy (non-hydrogen) atoms. The Kier molecular flexibility index (Phi) is 6.67. The van der Waals surface area contributed by atoms with Gasteiger partial charge in [0.15, 0.2) is 0 Å². The monoisotopic (exact) mass is 456 g/mol. The third kappa shape index (κ3) is 5.75. The summed E-state index contributed by atoms with van der Waals surface area (Å²) in [5.41, 5.74) is 13.8. The van der Waals surface area contributed by atoms with Gasteiger partial charge in [-0.25, -0.2) is 4.99 Å². The predicted octanol–water partition coefficient (Wildman–Crippen LogP) is 3.27. The Balaban J connectivity index is 1.43. The van der Waals surface area contributed by atoms with Gasteiger partial charge in [0.25, 0.3) is 0 Å². The number of amidine groups is 1. The van der Waals surface area contributed by atoms with Crippen molar-refractivity contribution in [2.45, 2.75) is 63.6 Å². The van der Waals surface area contributed by atoms with Crippen molar-refractivity contribution in [3.8, 4) is 0 Å². The number of halogens is 1. The van der Waals surface area contributed by atoms with Gasteiger partial charge in [-0.3, -0.25) is 14.8 Å². The number of carbonyl (C=O) groups excluding carboxylic acids is 1. The van der Waals surface area contributed by atoms with Crippen LogP contribution in [0.25, 0.3) is 0 Å². The maximum Gasteiger partial charge on any atom is 0.233 e. The third-order valence-corrected chi connectivity index (χ3v) is 7.15. The van der Waals surface area contributed by atoms with Crippen molar-refractivity contribution < 1.29 is 4.79 Å². The summed E-state index contributed by atoms with van der Waals surface area (Å²) in [6, 6.07) is 7.47. The van der Waals surface area contributed by atoms with E-state index in [0.29, 0.717) is 22.7 Å². The zero-order valence-corrected chi connectivity index (χ0v) is 19.6. The number of hydrogen-bond donors (Lipinski definition) is 3. The highest BCUT2D eigenvalue weighted by molar-refractivity contribution is 6.30. The van der Waals surface area contributed by atoms with Crippen LogP contribution in [0, 0.1) is 17.8 Å². The molecule has 1 aromatic carbocycles. The summed E-state index contributed by atoms with van der Waals surface area (Å²) >= 11 is 5.92. The number of carbonyl (C=O) groups is 1. The largest absolute Gasteiger partial charge is 0.386 e. The molecular weight excluding hydrogens is 424 g/mol. The maximum atomic E-state index is 12.1. The lowest BCUT2D eigenvalue weighted by molar-refractivity contribution is -0.118. The van der Waals surface area contributed by atoms with E-state index < -0.39 is 11.8 Å². The molecule has 172 valence electrons. The molecule has 5 N–H and O–H groups in total. The van der Waals surface area contributed by atoms with Crippen LogP contribution in [-0.4, -0.2) is 47.8 Å². The number of amides is 1. The Morgan fingerprint density at radius 3 is 2.50 bits per heavy atom. The minimum Gasteiger partial charge on any atom is -0.386 e. The van der Waals surface area contributed by atoms with Gasteiger partial charge in [0.05, 0.1) is 18.3 Å². The van der Waals surface area contributed by atoms with Crippen molar-refractivity contribution in [3.63, 3.8) is 0 Å². The van der Waals surface area contributed by atoms with Crippen LogP contribution in [0.3, 0.4) is 0 Å². The quantitative estimate of drug-likeness (QED) is 0.390. The summed E-state index contributed by atoms with van der Waals surface area (Å²) in [4.78, 5) is 25.7. The second-order valence-electron chi connectivity index (χ2n) is 9.82. The van der Waals surface area contributed by atoms with E-state index in [4.69, 9.17) is 28.1 Å². The molecule has 2 aliphatic carbocycles. The van der Waals surface area contributed by atoms with Crippen LogP contribution in [-0.2, 0) is 4.79 Å². The lowest BCUT2D eigenvalue weighted by atomic mass is 9.79. The summed E-state index contributed by atoms with van der Waals surface area (Å²) in [7, 11) is 0. The molecule has 1 aromatic rings. The number of aliphatic imine (C=N–C) groups is 3. The van der Waals surface area contributed by atoms with Crippen molar-refractivity contribution in [3.05, 3.63) is 29.3 Å². The lowest BCUT2D eigenvalue weighted by Gasteiger charge is -2.38. The summed E-state index contributed by atoms with van der Waals surface area (Å²) in [5.74, 6) is -0.196. The Morgan fingerprint density at radius 2 is 1.91 bits per heavy atom. The van der Waals surface area contributed by atoms with Crippen LogP contribution >= 0.6 is 11.6 Å². The van der Waals surface area contributed by atoms with Crippen LogP contribution in [0.1, 0.15) is 46.0 Å². The first kappa shape index (κ1) is 22.9. The van der Waals surface area contributed by atoms with Gasteiger partial charge in [0, 0.05) is 34.4 Å². The molecule has 3 aliphatic rings. The normalized spacial score (nSPS) is 27.3. The van der Waals surface area contributed by atoms with Crippen molar-refractivity contribution in [1.29, 1.82) is 0 Å². The van der Waals surface area contributed by atoms with Gasteiger partial charge in [-0.1, -0.05) is 11.6 Å². The zero-order chi connectivity index (χ0) is 22.9. The van der Waals surface area contributed by atoms with E-state index in [2.05, 4.69) is 29.1 Å². The molecule has 0 aromatic heterocycles. The van der Waals surface area contributed by atoms with Gasteiger partial charge < -0.3 is 16.8 Å². The van der Waals surface area contributed by atoms with Crippen molar-refractivity contribution >= 4 is 41.0 Å². The van der Waals surface area contributed by atoms with Crippen LogP contribution in [0.15, 0.2) is 39.2 Å². The summed E-state index contributed by atoms with van der Waals surface area (Å²) < 4.78 is 0. The van der Waals surface area contributed by atoms with E-state index in [1.165, 1.54) is 18.6 Å². The van der Waals surface area contributed by atoms with E-state index in [1.54, 1.807) is 30.5 Å². The number of nitrogens with two attached hydrogens (primary N) is 2. The van der Waals surface area contributed by atoms with Gasteiger partial charge in [0.2, 0.25) is 5.91 Å². The fourth-order valence-electron chi connectivity index (χ4n) is 4.78. The molecule has 0 saturated heterocycles. The number of primary amides is 1. The van der Waals surface area contributed by atoms with Crippen LogP contribution in [0.2, 0.25) is 5.02 Å². The van der Waals surface area contributed by atoms with Gasteiger partial charge in [-0.15, -0.1) is 0 Å². The fraction of sp³-hybridized carbons (Fsp3) is 0.583. The number of hydrogen-bond acceptors (Lipinski definition) is 5.